The molecular formula is C29H38N2O6. The Bertz CT molecular complexity index is 1170. The van der Waals surface area contributed by atoms with Gasteiger partial charge in [-0.05, 0) is 67.4 Å². The van der Waals surface area contributed by atoms with Crippen molar-refractivity contribution in [1.29, 1.82) is 0 Å². The Morgan fingerprint density at radius 1 is 1.11 bits per heavy atom. The number of benzene rings is 2. The van der Waals surface area contributed by atoms with E-state index in [0.29, 0.717) is 42.5 Å². The number of aromatic hydroxyl groups is 1. The van der Waals surface area contributed by atoms with Gasteiger partial charge in [0, 0.05) is 18.7 Å². The normalized spacial score (nSPS) is 17.2. The third-order valence-corrected chi connectivity index (χ3v) is 6.65. The molecule has 1 atom stereocenters. The number of Topliss-reactive ketones (excluding diaryl/α,β-unsaturated/α-hetero) is 1. The second kappa shape index (κ2) is 12.1. The van der Waals surface area contributed by atoms with Crippen molar-refractivity contribution in [1.82, 2.24) is 9.80 Å². The predicted molar refractivity (Wildman–Crippen MR) is 143 cm³/mol. The Balaban J connectivity index is 2.11. The summed E-state index contributed by atoms with van der Waals surface area (Å²) in [6.07, 6.45) is 0. The Morgan fingerprint density at radius 3 is 2.41 bits per heavy atom. The summed E-state index contributed by atoms with van der Waals surface area (Å²) in [6.45, 7) is 13.1. The molecular weight excluding hydrogens is 472 g/mol. The number of ether oxygens (including phenoxy) is 2. The fourth-order valence-corrected chi connectivity index (χ4v) is 4.51. The fourth-order valence-electron chi connectivity index (χ4n) is 4.51. The van der Waals surface area contributed by atoms with Gasteiger partial charge >= 0.3 is 0 Å². The van der Waals surface area contributed by atoms with E-state index in [-0.39, 0.29) is 22.8 Å². The molecule has 37 heavy (non-hydrogen) atoms. The van der Waals surface area contributed by atoms with Crippen molar-refractivity contribution in [2.24, 2.45) is 5.92 Å². The number of nitrogens with zero attached hydrogens (tertiary/aromatic N) is 2. The molecule has 0 radical (unpaired) electrons. The van der Waals surface area contributed by atoms with Crippen molar-refractivity contribution in [3.63, 3.8) is 0 Å². The SMILES string of the molecule is CCN(CC)CCN1C(=O)C(=O)/C(=C(/O)c2ccc(OCC(C)C)cc2C)[C@H]1c1ccc(O)c(OC)c1. The molecule has 0 saturated carbocycles. The molecule has 1 amide bonds. The van der Waals surface area contributed by atoms with Gasteiger partial charge in [0.1, 0.15) is 11.5 Å². The first-order valence-electron chi connectivity index (χ1n) is 12.7. The molecule has 2 aromatic carbocycles. The third kappa shape index (κ3) is 6.07. The van der Waals surface area contributed by atoms with Crippen molar-refractivity contribution < 1.29 is 29.3 Å². The topological polar surface area (TPSA) is 99.5 Å². The summed E-state index contributed by atoms with van der Waals surface area (Å²) in [7, 11) is 1.43. The lowest BCUT2D eigenvalue weighted by Crippen LogP contribution is -2.38. The highest BCUT2D eigenvalue weighted by atomic mass is 16.5. The molecule has 1 heterocycles. The van der Waals surface area contributed by atoms with Crippen LogP contribution in [0.4, 0.5) is 0 Å². The van der Waals surface area contributed by atoms with E-state index >= 15 is 0 Å². The molecule has 0 bridgehead atoms. The summed E-state index contributed by atoms with van der Waals surface area (Å²) in [5, 5.41) is 21.6. The Hall–Kier alpha value is -3.52. The Kier molecular flexibility index (Phi) is 9.21. The van der Waals surface area contributed by atoms with E-state index in [1.165, 1.54) is 18.1 Å². The summed E-state index contributed by atoms with van der Waals surface area (Å²) in [5.41, 5.74) is 1.74. The molecule has 1 fully saturated rings. The Morgan fingerprint density at radius 2 is 1.81 bits per heavy atom. The molecule has 8 heteroatoms. The highest BCUT2D eigenvalue weighted by Gasteiger charge is 2.46. The highest BCUT2D eigenvalue weighted by Crippen LogP contribution is 2.42. The number of aryl methyl sites for hydroxylation is 1. The minimum absolute atomic E-state index is 0.0104. The summed E-state index contributed by atoms with van der Waals surface area (Å²) in [4.78, 5) is 30.2. The first kappa shape index (κ1) is 28.1. The standard InChI is InChI=1S/C29H38N2O6/c1-7-30(8-2)13-14-31-26(20-9-12-23(32)24(16-20)36-6)25(28(34)29(31)35)27(33)22-11-10-21(15-19(22)5)37-17-18(3)4/h9-12,15-16,18,26,32-33H,7-8,13-14,17H2,1-6H3/b27-25+/t26-/m1/s1. The van der Waals surface area contributed by atoms with E-state index in [9.17, 15) is 19.8 Å². The lowest BCUT2D eigenvalue weighted by Gasteiger charge is -2.28. The average Bonchev–Trinajstić information content (AvgIpc) is 3.13. The van der Waals surface area contributed by atoms with Crippen LogP contribution in [0.25, 0.3) is 5.76 Å². The number of carbonyl (C=O) groups excluding carboxylic acids is 2. The molecule has 8 nitrogen and oxygen atoms in total. The van der Waals surface area contributed by atoms with Crippen LogP contribution in [0.15, 0.2) is 42.0 Å². The van der Waals surface area contributed by atoms with E-state index < -0.39 is 17.7 Å². The molecule has 0 spiro atoms. The van der Waals surface area contributed by atoms with Crippen molar-refractivity contribution in [3.05, 3.63) is 58.7 Å². The number of ketones is 1. The maximum Gasteiger partial charge on any atom is 0.295 e. The Labute approximate surface area is 219 Å². The van der Waals surface area contributed by atoms with Crippen LogP contribution in [0.2, 0.25) is 0 Å². The van der Waals surface area contributed by atoms with E-state index in [4.69, 9.17) is 9.47 Å². The summed E-state index contributed by atoms with van der Waals surface area (Å²) in [6, 6.07) is 9.14. The number of rotatable bonds is 11. The molecule has 200 valence electrons. The van der Waals surface area contributed by atoms with Gasteiger partial charge in [0.05, 0.1) is 25.3 Å². The lowest BCUT2D eigenvalue weighted by atomic mass is 9.93. The highest BCUT2D eigenvalue weighted by molar-refractivity contribution is 6.46. The molecule has 1 aliphatic heterocycles. The number of likely N-dealkylation sites (tertiary alicyclic amines) is 1. The van der Waals surface area contributed by atoms with Crippen LogP contribution in [-0.2, 0) is 9.59 Å². The number of phenolic OH excluding ortho intramolecular Hbond substituents is 1. The number of hydrogen-bond acceptors (Lipinski definition) is 7. The zero-order chi connectivity index (χ0) is 27.3. The molecule has 2 aromatic rings. The third-order valence-electron chi connectivity index (χ3n) is 6.65. The predicted octanol–water partition coefficient (Wildman–Crippen LogP) is 4.51. The van der Waals surface area contributed by atoms with Gasteiger partial charge in [0.2, 0.25) is 0 Å². The molecule has 3 rings (SSSR count). The van der Waals surface area contributed by atoms with Crippen LogP contribution in [0.3, 0.4) is 0 Å². The van der Waals surface area contributed by atoms with Crippen molar-refractivity contribution in [3.8, 4) is 17.2 Å². The second-order valence-electron chi connectivity index (χ2n) is 9.63. The summed E-state index contributed by atoms with van der Waals surface area (Å²) >= 11 is 0. The van der Waals surface area contributed by atoms with Crippen LogP contribution in [0.1, 0.15) is 50.4 Å². The molecule has 0 unspecified atom stereocenters. The van der Waals surface area contributed by atoms with E-state index in [2.05, 4.69) is 18.7 Å². The van der Waals surface area contributed by atoms with Gasteiger partial charge in [-0.25, -0.2) is 0 Å². The number of carbonyl (C=O) groups is 2. The number of phenols is 1. The monoisotopic (exact) mass is 510 g/mol. The first-order chi connectivity index (χ1) is 17.6. The maximum atomic E-state index is 13.3. The van der Waals surface area contributed by atoms with Crippen LogP contribution < -0.4 is 9.47 Å². The molecule has 1 saturated heterocycles. The van der Waals surface area contributed by atoms with E-state index in [1.54, 1.807) is 24.3 Å². The molecule has 0 aromatic heterocycles. The summed E-state index contributed by atoms with van der Waals surface area (Å²) < 4.78 is 11.1. The number of methoxy groups -OCH3 is 1. The largest absolute Gasteiger partial charge is 0.507 e. The van der Waals surface area contributed by atoms with E-state index in [1.807, 2.05) is 26.8 Å². The minimum atomic E-state index is -0.832. The van der Waals surface area contributed by atoms with E-state index in [0.717, 1.165) is 18.7 Å². The fraction of sp³-hybridized carbons (Fsp3) is 0.448. The van der Waals surface area contributed by atoms with Crippen LogP contribution in [0.5, 0.6) is 17.2 Å². The van der Waals surface area contributed by atoms with Gasteiger partial charge in [-0.1, -0.05) is 33.8 Å². The minimum Gasteiger partial charge on any atom is -0.507 e. The van der Waals surface area contributed by atoms with Gasteiger partial charge in [-0.15, -0.1) is 0 Å². The van der Waals surface area contributed by atoms with Crippen molar-refractivity contribution in [2.45, 2.75) is 40.7 Å². The molecule has 2 N–H and O–H groups in total. The number of likely N-dealkylation sites (N-methyl/N-ethyl adjacent to an activating group) is 1. The van der Waals surface area contributed by atoms with Crippen molar-refractivity contribution >= 4 is 17.4 Å². The van der Waals surface area contributed by atoms with Crippen LogP contribution in [-0.4, -0.2) is 71.6 Å². The summed E-state index contributed by atoms with van der Waals surface area (Å²) in [5.74, 6) is -0.457. The lowest BCUT2D eigenvalue weighted by molar-refractivity contribution is -0.140. The smallest absolute Gasteiger partial charge is 0.295 e. The van der Waals surface area contributed by atoms with Gasteiger partial charge in [0.25, 0.3) is 11.7 Å². The number of aliphatic hydroxyl groups is 1. The van der Waals surface area contributed by atoms with Gasteiger partial charge in [-0.2, -0.15) is 0 Å². The quantitative estimate of drug-likeness (QED) is 0.261. The second-order valence-corrected chi connectivity index (χ2v) is 9.63. The van der Waals surface area contributed by atoms with Crippen LogP contribution >= 0.6 is 0 Å². The average molecular weight is 511 g/mol. The van der Waals surface area contributed by atoms with Gasteiger partial charge in [-0.3, -0.25) is 9.59 Å². The van der Waals surface area contributed by atoms with Crippen LogP contribution in [0, 0.1) is 12.8 Å². The number of amides is 1. The zero-order valence-electron chi connectivity index (χ0n) is 22.6. The van der Waals surface area contributed by atoms with Gasteiger partial charge < -0.3 is 29.5 Å². The first-order valence-corrected chi connectivity index (χ1v) is 12.7. The molecule has 0 aliphatic carbocycles. The number of hydrogen-bond donors (Lipinski definition) is 2. The number of aliphatic hydroxyl groups excluding tert-OH is 1. The van der Waals surface area contributed by atoms with Crippen molar-refractivity contribution in [2.75, 3.05) is 39.9 Å². The maximum absolute atomic E-state index is 13.3. The zero-order valence-corrected chi connectivity index (χ0v) is 22.6. The molecule has 1 aliphatic rings. The van der Waals surface area contributed by atoms with Gasteiger partial charge in [0.15, 0.2) is 11.5 Å².